The van der Waals surface area contributed by atoms with E-state index in [0.717, 1.165) is 133 Å². The van der Waals surface area contributed by atoms with E-state index in [4.69, 9.17) is 57.3 Å². The first kappa shape index (κ1) is 62.0. The molecule has 0 saturated heterocycles. The van der Waals surface area contributed by atoms with Gasteiger partial charge in [0.1, 0.15) is 16.6 Å². The second-order valence-corrected chi connectivity index (χ2v) is 33.4. The summed E-state index contributed by atoms with van der Waals surface area (Å²) in [7, 11) is 0. The van der Waals surface area contributed by atoms with Gasteiger partial charge in [-0.15, -0.1) is 0 Å². The van der Waals surface area contributed by atoms with E-state index in [1.54, 1.807) is 54.6 Å². The van der Waals surface area contributed by atoms with Crippen LogP contribution in [0.25, 0.3) is 249 Å². The standard InChI is InChI=1S/C48H31N3.C42H27N3.C38H25N3/c1-4-13-32(14-5-1)37-27-38(33-15-6-2-7-16-33)29-39(28-37)35-23-25-43-46(31-35)51(48-47(43)49-44-21-10-11-22-45(44)50-48)40-24-26-42-36(30-40)19-12-20-41(42)34-17-8-3-9-18-34;1-3-12-28(13-4-1)32-24-33(29-14-5-2-6-15-29)26-34(25-32)31-22-23-40-36(27-31)41-42(44-38-20-10-9-19-37(38)43-41)45(40)39-21-11-17-30-16-7-8-18-35(30)39;1-4-12-26(13-5-1)29-22-30(27-14-6-2-7-15-27)24-31(23-29)28-20-21-33-36(25-28)41(32-16-8-3-9-17-32)38-37(33)39-34-18-10-11-19-35(34)40-38/h1-31H;1-27H;1-25H/i3D,8D,9D,17D,18D;;1D,2D,3D,4D,5D,6D,7D,8D,9D,12D,13D,14D,15D,16D,17D. The quantitative estimate of drug-likeness (QED) is 0.114. The molecule has 0 fully saturated rings. The first-order valence-corrected chi connectivity index (χ1v) is 44.8. The van der Waals surface area contributed by atoms with Gasteiger partial charge in [-0.05, 0) is 285 Å². The molecule has 137 heavy (non-hydrogen) atoms. The summed E-state index contributed by atoms with van der Waals surface area (Å²) in [5, 5.41) is 6.58. The third-order valence-corrected chi connectivity index (χ3v) is 25.2. The van der Waals surface area contributed by atoms with Crippen molar-refractivity contribution in [3.8, 4) is 128 Å². The third kappa shape index (κ3) is 15.2. The summed E-state index contributed by atoms with van der Waals surface area (Å²) < 4.78 is 175. The minimum atomic E-state index is -0.605. The Morgan fingerprint density at radius 1 is 0.168 bits per heavy atom. The smallest absolute Gasteiger partial charge is 0.165 e. The van der Waals surface area contributed by atoms with E-state index in [-0.39, 0.29) is 63.3 Å². The molecule has 27 rings (SSSR count). The van der Waals surface area contributed by atoms with Crippen LogP contribution in [-0.4, -0.2) is 43.6 Å². The molecule has 0 aliphatic heterocycles. The van der Waals surface area contributed by atoms with Crippen LogP contribution >= 0.6 is 0 Å². The molecule has 0 aliphatic carbocycles. The summed E-state index contributed by atoms with van der Waals surface area (Å²) in [6.45, 7) is 0. The molecular weight excluding hydrogens is 1660 g/mol. The molecule has 0 unspecified atom stereocenters. The first-order valence-electron chi connectivity index (χ1n) is 54.8. The van der Waals surface area contributed by atoms with Gasteiger partial charge in [-0.2, -0.15) is 0 Å². The van der Waals surface area contributed by atoms with Crippen LogP contribution in [0.15, 0.2) is 503 Å². The van der Waals surface area contributed by atoms with E-state index >= 15 is 0 Å². The van der Waals surface area contributed by atoms with Crippen molar-refractivity contribution in [2.75, 3.05) is 0 Å². The highest BCUT2D eigenvalue weighted by Gasteiger charge is 2.24. The molecule has 6 aromatic heterocycles. The molecule has 27 aromatic rings. The van der Waals surface area contributed by atoms with Gasteiger partial charge in [-0.1, -0.05) is 345 Å². The van der Waals surface area contributed by atoms with Crippen molar-refractivity contribution in [1.29, 1.82) is 0 Å². The summed E-state index contributed by atoms with van der Waals surface area (Å²) in [6, 6.07) is 119. The number of hydrogen-bond acceptors (Lipinski definition) is 6. The molecule has 0 atom stereocenters. The number of hydrogen-bond donors (Lipinski definition) is 0. The van der Waals surface area contributed by atoms with E-state index in [1.807, 2.05) is 91.0 Å². The van der Waals surface area contributed by atoms with Gasteiger partial charge in [0, 0.05) is 32.9 Å². The van der Waals surface area contributed by atoms with Crippen molar-refractivity contribution in [2.24, 2.45) is 0 Å². The number of nitrogens with zero attached hydrogens (tertiary/aromatic N) is 9. The van der Waals surface area contributed by atoms with E-state index in [1.165, 1.54) is 43.7 Å². The SMILES string of the molecule is [2H]c1c([2H])c([2H])c(-c2cc(-c3ccc4c5nc6ccccc6nc5n(-c5c([2H])c([2H])c([2H])c([2H])c5[2H])c4c3)cc(-c3c([2H])c([2H])c([2H])c([2H])c3[2H])c2)c([2H])c1[2H].[2H]c1c([2H])c([2H])c(-c2cccc3cc(-n4c5cc(-c6cc(-c7ccccc7)cc(-c7ccccc7)c6)ccc5c5nc6ccccc6nc54)ccc23)c([2H])c1[2H].c1ccc(-c2cc(-c3ccccc3)cc(-c3ccc4c(c3)c3nc5ccccc5nc3n4-c3cccc4ccccc34)c2)cc1. The fourth-order valence-corrected chi connectivity index (χ4v) is 18.8. The second kappa shape index (κ2) is 34.7. The minimum absolute atomic E-state index is 0.0992. The molecule has 0 spiro atoms. The summed E-state index contributed by atoms with van der Waals surface area (Å²) in [5.74, 6) is 0. The Kier molecular flexibility index (Phi) is 15.7. The van der Waals surface area contributed by atoms with Crippen LogP contribution in [0.2, 0.25) is 0 Å². The van der Waals surface area contributed by atoms with Gasteiger partial charge < -0.3 is 0 Å². The lowest BCUT2D eigenvalue weighted by molar-refractivity contribution is 1.14. The zero-order chi connectivity index (χ0) is 108. The normalized spacial score (nSPS) is 13.5. The molecule has 0 radical (unpaired) electrons. The molecule has 21 aromatic carbocycles. The van der Waals surface area contributed by atoms with Gasteiger partial charge in [0.05, 0.1) is 82.8 Å². The third-order valence-electron chi connectivity index (χ3n) is 25.2. The first-order chi connectivity index (χ1) is 76.2. The Balaban J connectivity index is 0.000000121. The molecule has 640 valence electrons. The number of aromatic nitrogens is 9. The summed E-state index contributed by atoms with van der Waals surface area (Å²) >= 11 is 0. The van der Waals surface area contributed by atoms with Crippen LogP contribution in [-0.2, 0) is 0 Å². The van der Waals surface area contributed by atoms with Crippen molar-refractivity contribution < 1.29 is 27.4 Å². The van der Waals surface area contributed by atoms with Crippen LogP contribution in [0.4, 0.5) is 0 Å². The Morgan fingerprint density at radius 2 is 0.496 bits per heavy atom. The van der Waals surface area contributed by atoms with Crippen LogP contribution in [0, 0.1) is 0 Å². The van der Waals surface area contributed by atoms with E-state index in [0.29, 0.717) is 44.1 Å². The van der Waals surface area contributed by atoms with Crippen molar-refractivity contribution >= 4 is 121 Å². The monoisotopic (exact) mass is 1770 g/mol. The van der Waals surface area contributed by atoms with Crippen LogP contribution < -0.4 is 0 Å². The lowest BCUT2D eigenvalue weighted by Crippen LogP contribution is -1.97. The molecule has 9 heteroatoms. The van der Waals surface area contributed by atoms with Crippen molar-refractivity contribution in [2.45, 2.75) is 0 Å². The summed E-state index contributed by atoms with van der Waals surface area (Å²) in [5.41, 5.74) is 27.5. The van der Waals surface area contributed by atoms with E-state index < -0.39 is 96.7 Å². The molecular formula is C128H83N9. The average Bonchev–Trinajstić information content (AvgIpc) is 1.57. The molecule has 9 nitrogen and oxygen atoms in total. The zero-order valence-corrected chi connectivity index (χ0v) is 72.9. The number of fused-ring (bicyclic) bond motifs is 14. The highest BCUT2D eigenvalue weighted by molar-refractivity contribution is 6.13. The highest BCUT2D eigenvalue weighted by atomic mass is 15.1. The number of para-hydroxylation sites is 7. The van der Waals surface area contributed by atoms with Gasteiger partial charge in [0.2, 0.25) is 0 Å². The van der Waals surface area contributed by atoms with Crippen molar-refractivity contribution in [3.05, 3.63) is 503 Å². The molecule has 0 N–H and O–H groups in total. The topological polar surface area (TPSA) is 92.1 Å². The van der Waals surface area contributed by atoms with Gasteiger partial charge in [-0.25, -0.2) is 29.9 Å². The van der Waals surface area contributed by atoms with Crippen LogP contribution in [0.3, 0.4) is 0 Å². The maximum absolute atomic E-state index is 8.87. The average molecular weight is 1770 g/mol. The predicted octanol–water partition coefficient (Wildman–Crippen LogP) is 33.2. The molecule has 0 aliphatic rings. The summed E-state index contributed by atoms with van der Waals surface area (Å²) in [6.07, 6.45) is 0. The van der Waals surface area contributed by atoms with E-state index in [2.05, 4.69) is 240 Å². The van der Waals surface area contributed by atoms with E-state index in [9.17, 15) is 0 Å². The predicted molar refractivity (Wildman–Crippen MR) is 571 cm³/mol. The van der Waals surface area contributed by atoms with Crippen molar-refractivity contribution in [1.82, 2.24) is 43.6 Å². The van der Waals surface area contributed by atoms with Gasteiger partial charge in [-0.3, -0.25) is 13.7 Å². The van der Waals surface area contributed by atoms with Gasteiger partial charge in [0.15, 0.2) is 16.9 Å². The van der Waals surface area contributed by atoms with Gasteiger partial charge >= 0.3 is 0 Å². The van der Waals surface area contributed by atoms with Crippen LogP contribution in [0.5, 0.6) is 0 Å². The molecule has 0 amide bonds. The van der Waals surface area contributed by atoms with Crippen molar-refractivity contribution in [3.63, 3.8) is 0 Å². The summed E-state index contributed by atoms with van der Waals surface area (Å²) in [4.78, 5) is 30.4. The maximum Gasteiger partial charge on any atom is 0.165 e. The Bertz CT molecular complexity index is 10400. The molecule has 6 heterocycles. The maximum atomic E-state index is 8.87. The fourth-order valence-electron chi connectivity index (χ4n) is 18.8. The second-order valence-electron chi connectivity index (χ2n) is 33.4. The Labute approximate surface area is 818 Å². The minimum Gasteiger partial charge on any atom is -0.293 e. The Hall–Kier alpha value is -18.4. The number of rotatable bonds is 13. The van der Waals surface area contributed by atoms with Gasteiger partial charge in [0.25, 0.3) is 0 Å². The Morgan fingerprint density at radius 3 is 0.949 bits per heavy atom. The fraction of sp³-hybridized carbons (Fsp3) is 0. The largest absolute Gasteiger partial charge is 0.293 e. The molecule has 0 saturated carbocycles. The lowest BCUT2D eigenvalue weighted by atomic mass is 9.93. The lowest BCUT2D eigenvalue weighted by Gasteiger charge is -2.13. The highest BCUT2D eigenvalue weighted by Crippen LogP contribution is 2.45. The van der Waals surface area contributed by atoms with Crippen LogP contribution in [0.1, 0.15) is 27.4 Å². The molecule has 0 bridgehead atoms. The zero-order valence-electron chi connectivity index (χ0n) is 92.9. The number of benzene rings is 21.